The zero-order chi connectivity index (χ0) is 14.5. The molecule has 0 aliphatic carbocycles. The van der Waals surface area contributed by atoms with Crippen molar-refractivity contribution in [2.45, 2.75) is 26.2 Å². The second-order valence-electron chi connectivity index (χ2n) is 5.12. The molecule has 0 aliphatic heterocycles. The van der Waals surface area contributed by atoms with Crippen molar-refractivity contribution in [1.29, 1.82) is 0 Å². The molecule has 1 nitrogen and oxygen atoms in total. The summed E-state index contributed by atoms with van der Waals surface area (Å²) in [4.78, 5) is 12.9. The fraction of sp³-hybridized carbons (Fsp3) is 0.278. The zero-order valence-electron chi connectivity index (χ0n) is 11.8. The van der Waals surface area contributed by atoms with Gasteiger partial charge in [0, 0.05) is 11.5 Å². The van der Waals surface area contributed by atoms with Crippen molar-refractivity contribution in [3.05, 3.63) is 70.7 Å². The van der Waals surface area contributed by atoms with Crippen LogP contribution in [0.15, 0.2) is 54.6 Å². The summed E-state index contributed by atoms with van der Waals surface area (Å²) in [5.41, 5.74) is 1.68. The molecule has 2 rings (SSSR count). The van der Waals surface area contributed by atoms with Crippen molar-refractivity contribution in [3.8, 4) is 0 Å². The van der Waals surface area contributed by atoms with Crippen LogP contribution in [-0.4, -0.2) is 5.78 Å². The fourth-order valence-corrected chi connectivity index (χ4v) is 2.69. The molecule has 0 fully saturated rings. The van der Waals surface area contributed by atoms with Gasteiger partial charge in [-0.2, -0.15) is 0 Å². The Morgan fingerprint density at radius 2 is 1.65 bits per heavy atom. The van der Waals surface area contributed by atoms with E-state index in [1.165, 1.54) is 0 Å². The first-order valence-electron chi connectivity index (χ1n) is 6.98. The van der Waals surface area contributed by atoms with Gasteiger partial charge in [-0.15, -0.1) is 0 Å². The summed E-state index contributed by atoms with van der Waals surface area (Å²) >= 11 is 6.18. The number of rotatable bonds is 5. The number of hydrogen-bond donors (Lipinski definition) is 0. The van der Waals surface area contributed by atoms with Gasteiger partial charge in [-0.1, -0.05) is 74.3 Å². The van der Waals surface area contributed by atoms with Gasteiger partial charge in [0.2, 0.25) is 0 Å². The molecule has 20 heavy (non-hydrogen) atoms. The molecule has 0 saturated heterocycles. The summed E-state index contributed by atoms with van der Waals surface area (Å²) in [6.07, 6.45) is 0.954. The molecule has 2 unspecified atom stereocenters. The van der Waals surface area contributed by atoms with Gasteiger partial charge < -0.3 is 0 Å². The lowest BCUT2D eigenvalue weighted by molar-refractivity contribution is 0.0932. The Morgan fingerprint density at radius 1 is 1.05 bits per heavy atom. The van der Waals surface area contributed by atoms with Crippen molar-refractivity contribution in [1.82, 2.24) is 0 Å². The molecule has 2 aromatic rings. The van der Waals surface area contributed by atoms with Gasteiger partial charge >= 0.3 is 0 Å². The fourth-order valence-electron chi connectivity index (χ4n) is 2.46. The highest BCUT2D eigenvalue weighted by atomic mass is 35.5. The molecule has 104 valence electrons. The van der Waals surface area contributed by atoms with E-state index in [0.29, 0.717) is 10.6 Å². The van der Waals surface area contributed by atoms with E-state index in [-0.39, 0.29) is 17.6 Å². The van der Waals surface area contributed by atoms with Crippen LogP contribution in [0.4, 0.5) is 0 Å². The largest absolute Gasteiger partial charge is 0.293 e. The first-order chi connectivity index (χ1) is 9.65. The molecule has 0 aromatic heterocycles. The lowest BCUT2D eigenvalue weighted by Gasteiger charge is -2.22. The van der Waals surface area contributed by atoms with Gasteiger partial charge in [-0.05, 0) is 23.6 Å². The normalized spacial score (nSPS) is 13.8. The molecule has 0 aliphatic rings. The van der Waals surface area contributed by atoms with Gasteiger partial charge in [-0.25, -0.2) is 0 Å². The number of halogens is 1. The van der Waals surface area contributed by atoms with Crippen molar-refractivity contribution in [2.24, 2.45) is 5.92 Å². The smallest absolute Gasteiger partial charge is 0.172 e. The summed E-state index contributed by atoms with van der Waals surface area (Å²) in [6.45, 7) is 4.23. The Balaban J connectivity index is 2.43. The van der Waals surface area contributed by atoms with Gasteiger partial charge in [0.1, 0.15) is 0 Å². The number of Topliss-reactive ketones (excluding diaryl/α,β-unsaturated/α-hetero) is 1. The van der Waals surface area contributed by atoms with Gasteiger partial charge in [0.15, 0.2) is 5.78 Å². The molecular weight excluding hydrogens is 268 g/mol. The summed E-state index contributed by atoms with van der Waals surface area (Å²) in [5.74, 6) is 0.249. The van der Waals surface area contributed by atoms with Crippen LogP contribution in [0.5, 0.6) is 0 Å². The highest BCUT2D eigenvalue weighted by Crippen LogP contribution is 2.32. The molecule has 2 heteroatoms. The third-order valence-electron chi connectivity index (χ3n) is 3.79. The van der Waals surface area contributed by atoms with Gasteiger partial charge in [0.05, 0.1) is 5.02 Å². The quantitative estimate of drug-likeness (QED) is 0.677. The average molecular weight is 287 g/mol. The van der Waals surface area contributed by atoms with Gasteiger partial charge in [0.25, 0.3) is 0 Å². The summed E-state index contributed by atoms with van der Waals surface area (Å²) < 4.78 is 0. The summed E-state index contributed by atoms with van der Waals surface area (Å²) in [6, 6.07) is 17.2. The third kappa shape index (κ3) is 3.10. The van der Waals surface area contributed by atoms with E-state index in [2.05, 4.69) is 13.8 Å². The van der Waals surface area contributed by atoms with Crippen LogP contribution in [0.2, 0.25) is 5.02 Å². The topological polar surface area (TPSA) is 17.1 Å². The molecule has 0 saturated carbocycles. The molecule has 0 amide bonds. The third-order valence-corrected chi connectivity index (χ3v) is 4.12. The number of carbonyl (C=O) groups is 1. The number of benzene rings is 2. The van der Waals surface area contributed by atoms with Crippen LogP contribution in [-0.2, 0) is 0 Å². The van der Waals surface area contributed by atoms with E-state index >= 15 is 0 Å². The first kappa shape index (κ1) is 14.8. The molecule has 2 atom stereocenters. The standard InChI is InChI=1S/C18H19ClO/c1-3-13(2)17(14-9-5-4-6-10-14)18(20)15-11-7-8-12-16(15)19/h4-13,17H,3H2,1-2H3. The Morgan fingerprint density at radius 3 is 2.25 bits per heavy atom. The second kappa shape index (κ2) is 6.71. The first-order valence-corrected chi connectivity index (χ1v) is 7.36. The zero-order valence-corrected chi connectivity index (χ0v) is 12.6. The van der Waals surface area contributed by atoms with E-state index in [1.54, 1.807) is 6.07 Å². The van der Waals surface area contributed by atoms with E-state index < -0.39 is 0 Å². The van der Waals surface area contributed by atoms with E-state index in [1.807, 2.05) is 48.5 Å². The minimum atomic E-state index is -0.138. The number of hydrogen-bond acceptors (Lipinski definition) is 1. The minimum Gasteiger partial charge on any atom is -0.293 e. The van der Waals surface area contributed by atoms with Crippen molar-refractivity contribution < 1.29 is 4.79 Å². The molecule has 0 spiro atoms. The van der Waals surface area contributed by atoms with E-state index in [4.69, 9.17) is 11.6 Å². The highest BCUT2D eigenvalue weighted by Gasteiger charge is 2.27. The lowest BCUT2D eigenvalue weighted by atomic mass is 9.80. The van der Waals surface area contributed by atoms with E-state index in [9.17, 15) is 4.79 Å². The molecule has 0 bridgehead atoms. The Hall–Kier alpha value is -1.60. The van der Waals surface area contributed by atoms with Crippen LogP contribution in [0, 0.1) is 5.92 Å². The molecule has 2 aromatic carbocycles. The second-order valence-corrected chi connectivity index (χ2v) is 5.53. The van der Waals surface area contributed by atoms with Crippen LogP contribution in [0.25, 0.3) is 0 Å². The Labute approximate surface area is 125 Å². The molecule has 0 radical (unpaired) electrons. The van der Waals surface area contributed by atoms with Crippen LogP contribution in [0.1, 0.15) is 42.1 Å². The minimum absolute atomic E-state index is 0.108. The SMILES string of the molecule is CCC(C)C(C(=O)c1ccccc1Cl)c1ccccc1. The summed E-state index contributed by atoms with van der Waals surface area (Å²) in [5, 5.41) is 0.529. The maximum atomic E-state index is 12.9. The molecule has 0 N–H and O–H groups in total. The Kier molecular flexibility index (Phi) is 4.97. The molecule has 0 heterocycles. The van der Waals surface area contributed by atoms with Crippen LogP contribution in [0.3, 0.4) is 0 Å². The highest BCUT2D eigenvalue weighted by molar-refractivity contribution is 6.34. The van der Waals surface area contributed by atoms with Crippen molar-refractivity contribution in [3.63, 3.8) is 0 Å². The van der Waals surface area contributed by atoms with Crippen molar-refractivity contribution >= 4 is 17.4 Å². The van der Waals surface area contributed by atoms with E-state index in [0.717, 1.165) is 12.0 Å². The number of carbonyl (C=O) groups excluding carboxylic acids is 1. The predicted molar refractivity (Wildman–Crippen MR) is 84.4 cm³/mol. The van der Waals surface area contributed by atoms with Gasteiger partial charge in [-0.3, -0.25) is 4.79 Å². The molecular formula is C18H19ClO. The maximum absolute atomic E-state index is 12.9. The monoisotopic (exact) mass is 286 g/mol. The average Bonchev–Trinajstić information content (AvgIpc) is 2.48. The Bertz CT molecular complexity index is 577. The van der Waals surface area contributed by atoms with Crippen molar-refractivity contribution in [2.75, 3.05) is 0 Å². The van der Waals surface area contributed by atoms with Crippen LogP contribution < -0.4 is 0 Å². The maximum Gasteiger partial charge on any atom is 0.172 e. The lowest BCUT2D eigenvalue weighted by Crippen LogP contribution is -2.20. The number of ketones is 1. The summed E-state index contributed by atoms with van der Waals surface area (Å²) in [7, 11) is 0. The van der Waals surface area contributed by atoms with Crippen LogP contribution >= 0.6 is 11.6 Å². The predicted octanol–water partition coefficient (Wildman–Crippen LogP) is 5.35.